The van der Waals surface area contributed by atoms with E-state index < -0.39 is 30.3 Å². The average Bonchev–Trinajstić information content (AvgIpc) is 2.75. The van der Waals surface area contributed by atoms with Crippen LogP contribution in [0, 0.1) is 17.8 Å². The first kappa shape index (κ1) is 13.7. The third kappa shape index (κ3) is 2.02. The molecule has 0 radical (unpaired) electrons. The summed E-state index contributed by atoms with van der Waals surface area (Å²) >= 11 is 0. The van der Waals surface area contributed by atoms with E-state index in [9.17, 15) is 26.3 Å². The molecule has 1 fully saturated rings. The first-order valence-electron chi connectivity index (χ1n) is 5.59. The van der Waals surface area contributed by atoms with Gasteiger partial charge in [0.05, 0.1) is 0 Å². The van der Waals surface area contributed by atoms with Crippen molar-refractivity contribution >= 4 is 0 Å². The Balaban J connectivity index is 2.19. The van der Waals surface area contributed by atoms with Crippen molar-refractivity contribution in [2.45, 2.75) is 37.2 Å². The van der Waals surface area contributed by atoms with E-state index in [-0.39, 0.29) is 18.3 Å². The van der Waals surface area contributed by atoms with Gasteiger partial charge in [0.25, 0.3) is 5.60 Å². The highest BCUT2D eigenvalue weighted by Gasteiger charge is 2.71. The molecule has 0 spiro atoms. The third-order valence-electron chi connectivity index (χ3n) is 3.91. The molecule has 1 saturated carbocycles. The Morgan fingerprint density at radius 2 is 1.50 bits per heavy atom. The Morgan fingerprint density at radius 3 is 1.83 bits per heavy atom. The molecule has 0 aromatic carbocycles. The Morgan fingerprint density at radius 1 is 0.944 bits per heavy atom. The van der Waals surface area contributed by atoms with Crippen LogP contribution in [0.4, 0.5) is 26.3 Å². The lowest BCUT2D eigenvalue weighted by atomic mass is 9.82. The van der Waals surface area contributed by atoms with Crippen LogP contribution in [0.15, 0.2) is 12.2 Å². The van der Waals surface area contributed by atoms with E-state index in [0.717, 1.165) is 0 Å². The minimum Gasteiger partial charge on any atom is -0.374 e. The van der Waals surface area contributed by atoms with Crippen molar-refractivity contribution in [3.05, 3.63) is 12.2 Å². The fraction of sp³-hybridized carbons (Fsp3) is 0.818. The molecule has 0 heterocycles. The highest BCUT2D eigenvalue weighted by atomic mass is 19.4. The SMILES string of the molecule is OC(C[C@H]1CC2C=CC1C2)(C(F)(F)F)C(F)(F)F. The Bertz CT molecular complexity index is 342. The van der Waals surface area contributed by atoms with Crippen molar-refractivity contribution in [2.75, 3.05) is 0 Å². The number of aliphatic hydroxyl groups is 1. The van der Waals surface area contributed by atoms with Crippen LogP contribution in [0.5, 0.6) is 0 Å². The third-order valence-corrected chi connectivity index (χ3v) is 3.91. The molecule has 104 valence electrons. The zero-order chi connectivity index (χ0) is 13.8. The molecule has 1 N–H and O–H groups in total. The Hall–Kier alpha value is -0.720. The van der Waals surface area contributed by atoms with Gasteiger partial charge in [0.2, 0.25) is 0 Å². The lowest BCUT2D eigenvalue weighted by Crippen LogP contribution is -2.58. The second-order valence-electron chi connectivity index (χ2n) is 5.10. The molecule has 1 nitrogen and oxygen atoms in total. The highest BCUT2D eigenvalue weighted by molar-refractivity contribution is 5.12. The fourth-order valence-corrected chi connectivity index (χ4v) is 2.90. The van der Waals surface area contributed by atoms with E-state index in [4.69, 9.17) is 5.11 Å². The molecule has 3 atom stereocenters. The van der Waals surface area contributed by atoms with Gasteiger partial charge in [0.15, 0.2) is 0 Å². The van der Waals surface area contributed by atoms with Crippen LogP contribution in [-0.2, 0) is 0 Å². The van der Waals surface area contributed by atoms with E-state index in [0.29, 0.717) is 6.42 Å². The van der Waals surface area contributed by atoms with Gasteiger partial charge < -0.3 is 5.11 Å². The molecule has 0 amide bonds. The van der Waals surface area contributed by atoms with Gasteiger partial charge in [-0.15, -0.1) is 0 Å². The molecule has 7 heteroatoms. The van der Waals surface area contributed by atoms with Gasteiger partial charge in [0, 0.05) is 0 Å². The number of hydrogen-bond acceptors (Lipinski definition) is 1. The first-order chi connectivity index (χ1) is 8.04. The summed E-state index contributed by atoms with van der Waals surface area (Å²) < 4.78 is 75.0. The van der Waals surface area contributed by atoms with Crippen molar-refractivity contribution in [3.8, 4) is 0 Å². The molecule has 2 unspecified atom stereocenters. The van der Waals surface area contributed by atoms with Gasteiger partial charge in [-0.3, -0.25) is 0 Å². The predicted molar refractivity (Wildman–Crippen MR) is 50.5 cm³/mol. The van der Waals surface area contributed by atoms with E-state index in [1.807, 2.05) is 6.08 Å². The van der Waals surface area contributed by atoms with Gasteiger partial charge in [0.1, 0.15) is 0 Å². The van der Waals surface area contributed by atoms with Gasteiger partial charge in [-0.05, 0) is 37.0 Å². The zero-order valence-corrected chi connectivity index (χ0v) is 9.22. The largest absolute Gasteiger partial charge is 0.426 e. The summed E-state index contributed by atoms with van der Waals surface area (Å²) in [5.41, 5.74) is -4.59. The lowest BCUT2D eigenvalue weighted by molar-refractivity contribution is -0.373. The standard InChI is InChI=1S/C11H12F6O/c12-10(13,14)9(18,11(15,16)17)5-8-4-6-1-2-7(8)3-6/h1-2,6-8,18H,3-5H2/t6?,7?,8-/m1/s1. The first-order valence-corrected chi connectivity index (χ1v) is 5.59. The number of rotatable bonds is 2. The smallest absolute Gasteiger partial charge is 0.374 e. The fourth-order valence-electron chi connectivity index (χ4n) is 2.90. The van der Waals surface area contributed by atoms with Crippen LogP contribution >= 0.6 is 0 Å². The normalized spacial score (nSPS) is 32.3. The number of fused-ring (bicyclic) bond motifs is 2. The molecule has 2 bridgehead atoms. The number of alkyl halides is 6. The molecular weight excluding hydrogens is 262 g/mol. The molecule has 0 aromatic heterocycles. The number of hydrogen-bond donors (Lipinski definition) is 1. The molecule has 2 aliphatic carbocycles. The van der Waals surface area contributed by atoms with Gasteiger partial charge in [-0.1, -0.05) is 12.2 Å². The molecule has 0 aliphatic heterocycles. The second-order valence-corrected chi connectivity index (χ2v) is 5.10. The van der Waals surface area contributed by atoms with E-state index in [1.165, 1.54) is 0 Å². The van der Waals surface area contributed by atoms with Crippen molar-refractivity contribution in [1.29, 1.82) is 0 Å². The Kier molecular flexibility index (Phi) is 2.96. The summed E-state index contributed by atoms with van der Waals surface area (Å²) in [5, 5.41) is 9.10. The monoisotopic (exact) mass is 274 g/mol. The second kappa shape index (κ2) is 3.88. The average molecular weight is 274 g/mol. The summed E-state index contributed by atoms with van der Waals surface area (Å²) in [4.78, 5) is 0. The predicted octanol–water partition coefficient (Wildman–Crippen LogP) is 3.44. The van der Waals surface area contributed by atoms with Crippen molar-refractivity contribution in [1.82, 2.24) is 0 Å². The van der Waals surface area contributed by atoms with E-state index in [2.05, 4.69) is 0 Å². The summed E-state index contributed by atoms with van der Waals surface area (Å²) in [6.07, 6.45) is -8.33. The maximum absolute atomic E-state index is 12.5. The minimum absolute atomic E-state index is 0.0608. The lowest BCUT2D eigenvalue weighted by Gasteiger charge is -2.35. The number of halogens is 6. The van der Waals surface area contributed by atoms with Crippen molar-refractivity contribution < 1.29 is 31.4 Å². The van der Waals surface area contributed by atoms with E-state index in [1.54, 1.807) is 6.08 Å². The van der Waals surface area contributed by atoms with Gasteiger partial charge in [-0.2, -0.15) is 26.3 Å². The summed E-state index contributed by atoms with van der Waals surface area (Å²) in [6, 6.07) is 0. The zero-order valence-electron chi connectivity index (χ0n) is 9.22. The van der Waals surface area contributed by atoms with Gasteiger partial charge >= 0.3 is 12.4 Å². The van der Waals surface area contributed by atoms with Crippen LogP contribution in [0.3, 0.4) is 0 Å². The maximum Gasteiger partial charge on any atom is 0.426 e. The summed E-state index contributed by atoms with van der Waals surface area (Å²) in [6.45, 7) is 0. The molecule has 0 aromatic rings. The topological polar surface area (TPSA) is 20.2 Å². The van der Waals surface area contributed by atoms with Crippen molar-refractivity contribution in [2.24, 2.45) is 17.8 Å². The quantitative estimate of drug-likeness (QED) is 0.604. The van der Waals surface area contributed by atoms with Crippen molar-refractivity contribution in [3.63, 3.8) is 0 Å². The molecule has 0 saturated heterocycles. The van der Waals surface area contributed by atoms with Crippen LogP contribution < -0.4 is 0 Å². The molecule has 18 heavy (non-hydrogen) atoms. The van der Waals surface area contributed by atoms with Gasteiger partial charge in [-0.25, -0.2) is 0 Å². The molecular formula is C11H12F6O. The number of allylic oxidation sites excluding steroid dienone is 2. The maximum atomic E-state index is 12.5. The molecule has 2 aliphatic rings. The van der Waals surface area contributed by atoms with E-state index >= 15 is 0 Å². The van der Waals surface area contributed by atoms with Crippen LogP contribution in [-0.4, -0.2) is 23.1 Å². The Labute approximate surface area is 99.5 Å². The molecule has 2 rings (SSSR count). The minimum atomic E-state index is -5.70. The van der Waals surface area contributed by atoms with Crippen LogP contribution in [0.25, 0.3) is 0 Å². The van der Waals surface area contributed by atoms with Crippen LogP contribution in [0.2, 0.25) is 0 Å². The highest BCUT2D eigenvalue weighted by Crippen LogP contribution is 2.53. The summed E-state index contributed by atoms with van der Waals surface area (Å²) in [7, 11) is 0. The van der Waals surface area contributed by atoms with Crippen LogP contribution in [0.1, 0.15) is 19.3 Å². The summed E-state index contributed by atoms with van der Waals surface area (Å²) in [5.74, 6) is -0.967.